The number of hydrogen-bond acceptors (Lipinski definition) is 6. The van der Waals surface area contributed by atoms with E-state index in [-0.39, 0.29) is 19.0 Å². The van der Waals surface area contributed by atoms with Crippen molar-refractivity contribution < 1.29 is 28.9 Å². The van der Waals surface area contributed by atoms with E-state index < -0.39 is 12.1 Å². The Morgan fingerprint density at radius 3 is 2.29 bits per heavy atom. The van der Waals surface area contributed by atoms with Crippen LogP contribution in [0.15, 0.2) is 42.5 Å². The number of aliphatic hydroxyl groups excluding tert-OH is 1. The number of aliphatic hydroxyl groups is 1. The minimum absolute atomic E-state index is 0.0586. The molecule has 0 spiro atoms. The molecule has 0 heterocycles. The topological polar surface area (TPSA) is 82.1 Å². The molecule has 6 heteroatoms. The number of benzene rings is 2. The molecule has 0 fully saturated rings. The van der Waals surface area contributed by atoms with Gasteiger partial charge in [0.25, 0.3) is 0 Å². The third-order valence-corrected chi connectivity index (χ3v) is 5.51. The standard InChI is InChI=1S/C28H38O6/c1-4-7-8-9-10-11-17-34-25-16-15-22(19-24(25)20-26(29)32-5-2)27(30)21-13-12-14-23(18-21)28(31)33-6-3/h12-16,18-19,27,30H,4-11,17,20H2,1-3H3. The average molecular weight is 471 g/mol. The summed E-state index contributed by atoms with van der Waals surface area (Å²) in [4.78, 5) is 24.2. The Morgan fingerprint density at radius 2 is 1.56 bits per heavy atom. The van der Waals surface area contributed by atoms with Gasteiger partial charge in [-0.05, 0) is 55.7 Å². The number of rotatable bonds is 15. The highest BCUT2D eigenvalue weighted by atomic mass is 16.5. The van der Waals surface area contributed by atoms with Crippen molar-refractivity contribution in [2.75, 3.05) is 19.8 Å². The van der Waals surface area contributed by atoms with E-state index in [0.29, 0.717) is 41.2 Å². The molecule has 0 aliphatic carbocycles. The quantitative estimate of drug-likeness (QED) is 0.262. The largest absolute Gasteiger partial charge is 0.493 e. The SMILES string of the molecule is CCCCCCCCOc1ccc(C(O)c2cccc(C(=O)OCC)c2)cc1CC(=O)OCC. The van der Waals surface area contributed by atoms with Crippen LogP contribution in [0.4, 0.5) is 0 Å². The molecule has 1 N–H and O–H groups in total. The molecular formula is C28H38O6. The summed E-state index contributed by atoms with van der Waals surface area (Å²) < 4.78 is 16.2. The molecule has 2 rings (SSSR count). The lowest BCUT2D eigenvalue weighted by atomic mass is 9.97. The molecule has 0 aliphatic rings. The highest BCUT2D eigenvalue weighted by Crippen LogP contribution is 2.29. The Balaban J connectivity index is 2.16. The van der Waals surface area contributed by atoms with E-state index >= 15 is 0 Å². The Morgan fingerprint density at radius 1 is 0.853 bits per heavy atom. The summed E-state index contributed by atoms with van der Waals surface area (Å²) in [6, 6.07) is 12.1. The predicted octanol–water partition coefficient (Wildman–Crippen LogP) is 5.79. The van der Waals surface area contributed by atoms with Crippen molar-refractivity contribution in [2.24, 2.45) is 0 Å². The number of hydrogen-bond donors (Lipinski definition) is 1. The molecule has 2 aromatic rings. The van der Waals surface area contributed by atoms with Crippen molar-refractivity contribution in [1.29, 1.82) is 0 Å². The Bertz CT molecular complexity index is 908. The van der Waals surface area contributed by atoms with Gasteiger partial charge in [-0.1, -0.05) is 57.2 Å². The van der Waals surface area contributed by atoms with Crippen LogP contribution in [-0.2, 0) is 20.7 Å². The van der Waals surface area contributed by atoms with Crippen LogP contribution < -0.4 is 4.74 Å². The van der Waals surface area contributed by atoms with E-state index in [9.17, 15) is 14.7 Å². The van der Waals surface area contributed by atoms with Crippen LogP contribution >= 0.6 is 0 Å². The van der Waals surface area contributed by atoms with Crippen molar-refractivity contribution in [3.8, 4) is 5.75 Å². The zero-order chi connectivity index (χ0) is 24.8. The van der Waals surface area contributed by atoms with Crippen LogP contribution in [0.1, 0.15) is 92.4 Å². The van der Waals surface area contributed by atoms with Crippen molar-refractivity contribution >= 4 is 11.9 Å². The number of esters is 2. The summed E-state index contributed by atoms with van der Waals surface area (Å²) in [5.41, 5.74) is 2.21. The Labute approximate surface area is 203 Å². The fourth-order valence-corrected chi connectivity index (χ4v) is 3.72. The van der Waals surface area contributed by atoms with Crippen molar-refractivity contribution in [1.82, 2.24) is 0 Å². The molecule has 0 saturated heterocycles. The number of carbonyl (C=O) groups is 2. The second kappa shape index (κ2) is 15.1. The third kappa shape index (κ3) is 8.82. The minimum atomic E-state index is -0.970. The van der Waals surface area contributed by atoms with E-state index in [1.807, 2.05) is 0 Å². The van der Waals surface area contributed by atoms with Gasteiger partial charge in [0, 0.05) is 5.56 Å². The summed E-state index contributed by atoms with van der Waals surface area (Å²) in [6.45, 7) is 6.87. The third-order valence-electron chi connectivity index (χ3n) is 5.51. The second-order valence-electron chi connectivity index (χ2n) is 8.21. The molecule has 34 heavy (non-hydrogen) atoms. The molecule has 1 atom stereocenters. The first-order valence-electron chi connectivity index (χ1n) is 12.4. The summed E-state index contributed by atoms with van der Waals surface area (Å²) in [5, 5.41) is 11.0. The van der Waals surface area contributed by atoms with Gasteiger partial charge in [-0.15, -0.1) is 0 Å². The lowest BCUT2D eigenvalue weighted by Crippen LogP contribution is -2.11. The molecule has 0 radical (unpaired) electrons. The van der Waals surface area contributed by atoms with Crippen LogP contribution in [0, 0.1) is 0 Å². The lowest BCUT2D eigenvalue weighted by Gasteiger charge is -2.17. The van der Waals surface area contributed by atoms with Gasteiger partial charge in [0.2, 0.25) is 0 Å². The van der Waals surface area contributed by atoms with Crippen molar-refractivity contribution in [3.63, 3.8) is 0 Å². The summed E-state index contributed by atoms with van der Waals surface area (Å²) >= 11 is 0. The summed E-state index contributed by atoms with van der Waals surface area (Å²) in [6.07, 6.45) is 6.08. The van der Waals surface area contributed by atoms with Crippen LogP contribution in [0.5, 0.6) is 5.75 Å². The van der Waals surface area contributed by atoms with Gasteiger partial charge < -0.3 is 19.3 Å². The number of carbonyl (C=O) groups excluding carboxylic acids is 2. The van der Waals surface area contributed by atoms with Gasteiger partial charge in [-0.25, -0.2) is 4.79 Å². The number of unbranched alkanes of at least 4 members (excludes halogenated alkanes) is 5. The molecule has 0 aliphatic heterocycles. The molecule has 2 aromatic carbocycles. The number of ether oxygens (including phenoxy) is 3. The van der Waals surface area contributed by atoms with E-state index in [0.717, 1.165) is 12.8 Å². The van der Waals surface area contributed by atoms with Gasteiger partial charge in [0.05, 0.1) is 31.8 Å². The molecule has 0 saturated carbocycles. The molecule has 186 valence electrons. The van der Waals surface area contributed by atoms with Gasteiger partial charge in [0.1, 0.15) is 11.9 Å². The maximum atomic E-state index is 12.2. The van der Waals surface area contributed by atoms with Gasteiger partial charge in [-0.3, -0.25) is 4.79 Å². The first-order valence-corrected chi connectivity index (χ1v) is 12.4. The predicted molar refractivity (Wildman–Crippen MR) is 132 cm³/mol. The molecular weight excluding hydrogens is 432 g/mol. The zero-order valence-electron chi connectivity index (χ0n) is 20.7. The van der Waals surface area contributed by atoms with Gasteiger partial charge in [0.15, 0.2) is 0 Å². The molecule has 0 aromatic heterocycles. The van der Waals surface area contributed by atoms with Crippen molar-refractivity contribution in [2.45, 2.75) is 71.8 Å². The highest BCUT2D eigenvalue weighted by Gasteiger charge is 2.17. The average Bonchev–Trinajstić information content (AvgIpc) is 2.84. The molecule has 1 unspecified atom stereocenters. The maximum Gasteiger partial charge on any atom is 0.338 e. The minimum Gasteiger partial charge on any atom is -0.493 e. The highest BCUT2D eigenvalue weighted by molar-refractivity contribution is 5.89. The molecule has 6 nitrogen and oxygen atoms in total. The monoisotopic (exact) mass is 470 g/mol. The second-order valence-corrected chi connectivity index (χ2v) is 8.21. The van der Waals surface area contributed by atoms with Crippen LogP contribution in [-0.4, -0.2) is 36.9 Å². The fourth-order valence-electron chi connectivity index (χ4n) is 3.72. The van der Waals surface area contributed by atoms with E-state index in [2.05, 4.69) is 6.92 Å². The van der Waals surface area contributed by atoms with Gasteiger partial charge >= 0.3 is 11.9 Å². The first-order chi connectivity index (χ1) is 16.5. The summed E-state index contributed by atoms with van der Waals surface area (Å²) in [5.74, 6) is -0.154. The fraction of sp³-hybridized carbons (Fsp3) is 0.500. The molecule has 0 amide bonds. The van der Waals surface area contributed by atoms with Crippen LogP contribution in [0.3, 0.4) is 0 Å². The van der Waals surface area contributed by atoms with E-state index in [1.165, 1.54) is 25.7 Å². The zero-order valence-corrected chi connectivity index (χ0v) is 20.7. The van der Waals surface area contributed by atoms with E-state index in [1.54, 1.807) is 56.3 Å². The van der Waals surface area contributed by atoms with E-state index in [4.69, 9.17) is 14.2 Å². The van der Waals surface area contributed by atoms with Gasteiger partial charge in [-0.2, -0.15) is 0 Å². The maximum absolute atomic E-state index is 12.2. The Hall–Kier alpha value is -2.86. The Kier molecular flexibility index (Phi) is 12.2. The van der Waals surface area contributed by atoms with Crippen LogP contribution in [0.25, 0.3) is 0 Å². The smallest absolute Gasteiger partial charge is 0.338 e. The van der Waals surface area contributed by atoms with Crippen molar-refractivity contribution in [3.05, 3.63) is 64.7 Å². The normalized spacial score (nSPS) is 11.6. The summed E-state index contributed by atoms with van der Waals surface area (Å²) in [7, 11) is 0. The lowest BCUT2D eigenvalue weighted by molar-refractivity contribution is -0.142. The first kappa shape index (κ1) is 27.4. The van der Waals surface area contributed by atoms with Crippen LogP contribution in [0.2, 0.25) is 0 Å². The molecule has 0 bridgehead atoms.